The zero-order chi connectivity index (χ0) is 83.7. The number of aromatic amines is 2. The third-order valence-electron chi connectivity index (χ3n) is 18.8. The molecule has 0 aliphatic rings. The number of hydrogen-bond acceptors (Lipinski definition) is 19. The van der Waals surface area contributed by atoms with Crippen molar-refractivity contribution in [1.29, 1.82) is 10.8 Å². The summed E-state index contributed by atoms with van der Waals surface area (Å²) >= 11 is 1.31. The fourth-order valence-electron chi connectivity index (χ4n) is 12.6. The number of benzene rings is 3. The number of carboxylic acid groups (broad SMARTS) is 1. The molecule has 114 heavy (non-hydrogen) atoms. The van der Waals surface area contributed by atoms with E-state index in [0.717, 1.165) is 16.5 Å². The number of para-hydroxylation sites is 2. The second kappa shape index (κ2) is 49.9. The molecule has 11 atom stereocenters. The van der Waals surface area contributed by atoms with Crippen molar-refractivity contribution >= 4 is 122 Å². The van der Waals surface area contributed by atoms with Gasteiger partial charge in [0.1, 0.15) is 60.4 Å². The second-order valence-corrected chi connectivity index (χ2v) is 28.9. The fraction of sp³-hybridized carbons (Fsp3) is 0.513. The molecule has 12 amide bonds. The van der Waals surface area contributed by atoms with Gasteiger partial charge in [-0.3, -0.25) is 68.4 Å². The Kier molecular flexibility index (Phi) is 40.8. The van der Waals surface area contributed by atoms with Crippen molar-refractivity contribution in [1.82, 2.24) is 73.8 Å². The standard InChI is InChI=1S/C76H115N23O14S/c1-44(38-46-42-88-50-22-8-6-20-48(46)50)64(102)97-59(39-45-18-4-3-5-19-45)71(109)94-56(29-30-62(80)100)69(107)99-61(41-63(81)101)73(111)93-55(28-17-36-87-76(84)85)65(103)91-54(27-16-35-86-75(82)83)66(104)95-57(31-37-114-2)70(108)90-53(25-11-14-33-78)68(106)98-60(40-47-43-89-51-23-9-7-21-49(47)51)72(110)92-52(24-10-13-32-77)67(105)96-58(74(112)113)26-12-15-34-79/h3-9,18-23,42-44,52-61,88-89H,10-17,24-41,77-79H2,1-2H3,(H2,80,100)(H2,81,101)(H,90,108)(H,91,103)(H,92,110)(H,93,111)(H,94,109)(H,95,104)(H,96,105)(H,97,102)(H,98,106)(H,99,107)(H,112,113)(H4,82,83,86)(H4,84,85,87)/t44-,52-,53-,54-,55-,56-,57-,58-,59-,60-,61-/m0/s1. The number of nitrogens with one attached hydrogen (secondary N) is 16. The minimum absolute atomic E-state index is 0.00252. The lowest BCUT2D eigenvalue weighted by Gasteiger charge is -2.28. The highest BCUT2D eigenvalue weighted by Crippen LogP contribution is 2.23. The second-order valence-electron chi connectivity index (χ2n) is 27.9. The summed E-state index contributed by atoms with van der Waals surface area (Å²) in [5.41, 5.74) is 43.4. The number of H-pyrrole nitrogens is 2. The van der Waals surface area contributed by atoms with Gasteiger partial charge in [0, 0.05) is 72.5 Å². The number of carbonyl (C=O) groups is 13. The van der Waals surface area contributed by atoms with Crippen LogP contribution in [0, 0.1) is 16.7 Å². The van der Waals surface area contributed by atoms with Gasteiger partial charge in [-0.05, 0) is 163 Å². The van der Waals surface area contributed by atoms with Crippen LogP contribution >= 0.6 is 11.8 Å². The molecule has 0 saturated heterocycles. The summed E-state index contributed by atoms with van der Waals surface area (Å²) in [5, 5.41) is 58.9. The number of carbonyl (C=O) groups excluding carboxylic acids is 12. The summed E-state index contributed by atoms with van der Waals surface area (Å²) < 4.78 is 0. The Morgan fingerprint density at radius 3 is 1.15 bits per heavy atom. The van der Waals surface area contributed by atoms with Gasteiger partial charge in [0.25, 0.3) is 0 Å². The Morgan fingerprint density at radius 2 is 0.737 bits per heavy atom. The maximum atomic E-state index is 14.9. The average molecular weight is 1610 g/mol. The predicted octanol–water partition coefficient (Wildman–Crippen LogP) is -1.95. The van der Waals surface area contributed by atoms with Crippen molar-refractivity contribution in [2.45, 2.75) is 196 Å². The number of amides is 12. The van der Waals surface area contributed by atoms with Crippen molar-refractivity contribution in [3.05, 3.63) is 108 Å². The SMILES string of the molecule is CSCC[C@H](NC(=O)[C@H](CCCNC(=N)N)NC(=O)[C@H](CCCNC(=N)N)NC(=O)[C@H](CC(N)=O)NC(=O)[C@H](CCC(N)=O)NC(=O)[C@H](Cc1ccccc1)NC(=O)[C@@H](C)Cc1c[nH]c2ccccc12)C(=O)N[C@@H](CCCCN)C(=O)N[C@@H](Cc1c[nH]c2ccccc12)C(=O)N[C@@H](CCCCN)C(=O)N[C@@H](CCCCN)C(=O)O. The number of unbranched alkanes of at least 4 members (excludes halogenated alkanes) is 3. The first-order chi connectivity index (χ1) is 54.5. The van der Waals surface area contributed by atoms with E-state index < -0.39 is 174 Å². The number of fused-ring (bicyclic) bond motifs is 2. The van der Waals surface area contributed by atoms with E-state index in [1.165, 1.54) is 11.8 Å². The van der Waals surface area contributed by atoms with E-state index in [0.29, 0.717) is 60.7 Å². The summed E-state index contributed by atoms with van der Waals surface area (Å²) in [6, 6.07) is 8.45. The fourth-order valence-corrected chi connectivity index (χ4v) is 13.1. The lowest BCUT2D eigenvalue weighted by atomic mass is 9.98. The number of primary amides is 2. The molecule has 3 aromatic carbocycles. The van der Waals surface area contributed by atoms with E-state index >= 15 is 0 Å². The average Bonchev–Trinajstić information content (AvgIpc) is 1.65. The van der Waals surface area contributed by atoms with E-state index in [9.17, 15) is 67.4 Å². The highest BCUT2D eigenvalue weighted by atomic mass is 32.2. The van der Waals surface area contributed by atoms with Gasteiger partial charge in [-0.25, -0.2) is 4.79 Å². The highest BCUT2D eigenvalue weighted by Gasteiger charge is 2.38. The Bertz CT molecular complexity index is 4030. The van der Waals surface area contributed by atoms with Crippen LogP contribution in [0.15, 0.2) is 91.3 Å². The number of hydrogen-bond donors (Lipinski definition) is 24. The zero-order valence-electron chi connectivity index (χ0n) is 64.6. The molecular weight excluding hydrogens is 1490 g/mol. The molecule has 5 rings (SSSR count). The van der Waals surface area contributed by atoms with E-state index in [4.69, 9.17) is 51.0 Å². The number of nitrogens with two attached hydrogens (primary N) is 7. The molecule has 0 bridgehead atoms. The van der Waals surface area contributed by atoms with Crippen molar-refractivity contribution in [2.75, 3.05) is 44.7 Å². The van der Waals surface area contributed by atoms with E-state index in [2.05, 4.69) is 73.8 Å². The molecule has 0 fully saturated rings. The molecule has 0 spiro atoms. The van der Waals surface area contributed by atoms with Crippen molar-refractivity contribution < 1.29 is 67.4 Å². The number of guanidine groups is 2. The molecule has 5 aromatic rings. The van der Waals surface area contributed by atoms with Gasteiger partial charge >= 0.3 is 5.97 Å². The molecule has 0 aliphatic heterocycles. The van der Waals surface area contributed by atoms with Crippen LogP contribution in [0.1, 0.15) is 133 Å². The summed E-state index contributed by atoms with van der Waals surface area (Å²) in [6.07, 6.45) is 5.35. The Balaban J connectivity index is 1.43. The molecule has 0 radical (unpaired) electrons. The van der Waals surface area contributed by atoms with Crippen molar-refractivity contribution in [3.8, 4) is 0 Å². The van der Waals surface area contributed by atoms with Crippen LogP contribution in [-0.4, -0.2) is 209 Å². The summed E-state index contributed by atoms with van der Waals surface area (Å²) in [7, 11) is 0. The minimum Gasteiger partial charge on any atom is -0.480 e. The van der Waals surface area contributed by atoms with Crippen LogP contribution in [0.3, 0.4) is 0 Å². The molecule has 38 heteroatoms. The van der Waals surface area contributed by atoms with Gasteiger partial charge in [0.2, 0.25) is 70.9 Å². The van der Waals surface area contributed by atoms with Crippen LogP contribution in [-0.2, 0) is 81.6 Å². The van der Waals surface area contributed by atoms with Gasteiger partial charge < -0.3 is 119 Å². The topological polar surface area (TPSA) is 648 Å². The Morgan fingerprint density at radius 1 is 0.395 bits per heavy atom. The largest absolute Gasteiger partial charge is 0.480 e. The molecule has 37 nitrogen and oxygen atoms in total. The van der Waals surface area contributed by atoms with Crippen LogP contribution in [0.4, 0.5) is 0 Å². The molecular formula is C76H115N23O14S. The quantitative estimate of drug-likeness (QED) is 0.0114. The normalized spacial score (nSPS) is 14.0. The van der Waals surface area contributed by atoms with Crippen LogP contribution in [0.5, 0.6) is 0 Å². The maximum Gasteiger partial charge on any atom is 0.326 e. The number of thioether (sulfide) groups is 1. The first-order valence-corrected chi connectivity index (χ1v) is 39.7. The van der Waals surface area contributed by atoms with E-state index in [1.54, 1.807) is 74.1 Å². The van der Waals surface area contributed by atoms with Crippen molar-refractivity contribution in [3.63, 3.8) is 0 Å². The summed E-state index contributed by atoms with van der Waals surface area (Å²) in [6.45, 7) is 2.39. The smallest absolute Gasteiger partial charge is 0.326 e. The lowest BCUT2D eigenvalue weighted by molar-refractivity contribution is -0.142. The molecule has 0 aliphatic carbocycles. The third-order valence-corrected chi connectivity index (χ3v) is 19.5. The Hall–Kier alpha value is -11.4. The molecule has 2 aromatic heterocycles. The molecule has 0 saturated carbocycles. The summed E-state index contributed by atoms with van der Waals surface area (Å²) in [4.78, 5) is 190. The molecule has 624 valence electrons. The number of carboxylic acids is 1. The highest BCUT2D eigenvalue weighted by molar-refractivity contribution is 7.98. The Labute approximate surface area is 665 Å². The first-order valence-electron chi connectivity index (χ1n) is 38.3. The van der Waals surface area contributed by atoms with Gasteiger partial charge in [-0.15, -0.1) is 0 Å². The van der Waals surface area contributed by atoms with Crippen LogP contribution in [0.25, 0.3) is 21.8 Å². The minimum atomic E-state index is -1.89. The predicted molar refractivity (Wildman–Crippen MR) is 433 cm³/mol. The first kappa shape index (κ1) is 93.2. The zero-order valence-corrected chi connectivity index (χ0v) is 65.4. The number of aromatic nitrogens is 2. The van der Waals surface area contributed by atoms with Crippen molar-refractivity contribution in [2.24, 2.45) is 46.1 Å². The summed E-state index contributed by atoms with van der Waals surface area (Å²) in [5.74, 6) is -13.6. The molecule has 0 unspecified atom stereocenters. The third kappa shape index (κ3) is 32.7. The van der Waals surface area contributed by atoms with Crippen LogP contribution in [0.2, 0.25) is 0 Å². The van der Waals surface area contributed by atoms with Gasteiger partial charge in [-0.2, -0.15) is 11.8 Å². The monoisotopic (exact) mass is 1610 g/mol. The van der Waals surface area contributed by atoms with Gasteiger partial charge in [0.15, 0.2) is 11.9 Å². The van der Waals surface area contributed by atoms with Gasteiger partial charge in [-0.1, -0.05) is 73.7 Å². The molecule has 2 heterocycles. The van der Waals surface area contributed by atoms with E-state index in [1.807, 2.05) is 30.3 Å². The number of aliphatic carboxylic acids is 1. The van der Waals surface area contributed by atoms with Gasteiger partial charge in [0.05, 0.1) is 6.42 Å². The van der Waals surface area contributed by atoms with Crippen LogP contribution < -0.4 is 104 Å². The maximum absolute atomic E-state index is 14.9. The van der Waals surface area contributed by atoms with E-state index in [-0.39, 0.29) is 109 Å². The number of rotatable bonds is 55. The lowest BCUT2D eigenvalue weighted by Crippen LogP contribution is -2.61. The molecule has 31 N–H and O–H groups in total.